The molecule has 0 unspecified atom stereocenters. The summed E-state index contributed by atoms with van der Waals surface area (Å²) in [6, 6.07) is 14.7. The van der Waals surface area contributed by atoms with Crippen molar-refractivity contribution in [3.05, 3.63) is 59.0 Å². The lowest BCUT2D eigenvalue weighted by Gasteiger charge is -2.03. The summed E-state index contributed by atoms with van der Waals surface area (Å²) in [4.78, 5) is 26.7. The van der Waals surface area contributed by atoms with E-state index in [0.717, 1.165) is 17.7 Å². The minimum absolute atomic E-state index is 0.0542. The van der Waals surface area contributed by atoms with Crippen LogP contribution < -0.4 is 5.32 Å². The highest BCUT2D eigenvalue weighted by Gasteiger charge is 2.18. The number of aromatic nitrogens is 1. The Morgan fingerprint density at radius 2 is 1.88 bits per heavy atom. The van der Waals surface area contributed by atoms with Crippen LogP contribution >= 0.6 is 11.3 Å². The van der Waals surface area contributed by atoms with E-state index >= 15 is 0 Å². The maximum atomic E-state index is 11.7. The molecule has 0 bridgehead atoms. The molecule has 0 fully saturated rings. The van der Waals surface area contributed by atoms with Crippen molar-refractivity contribution in [3.63, 3.8) is 0 Å². The van der Waals surface area contributed by atoms with Crippen LogP contribution in [-0.4, -0.2) is 22.0 Å². The smallest absolute Gasteiger partial charge is 0.303 e. The summed E-state index contributed by atoms with van der Waals surface area (Å²) in [6.07, 6.45) is 0.680. The molecule has 4 rings (SSSR count). The van der Waals surface area contributed by atoms with Gasteiger partial charge in [-0.2, -0.15) is 0 Å². The van der Waals surface area contributed by atoms with Gasteiger partial charge in [0.1, 0.15) is 0 Å². The zero-order valence-electron chi connectivity index (χ0n) is 13.9. The van der Waals surface area contributed by atoms with Crippen LogP contribution in [0.2, 0.25) is 0 Å². The molecule has 3 aromatic rings. The summed E-state index contributed by atoms with van der Waals surface area (Å²) in [6.45, 7) is 0. The van der Waals surface area contributed by atoms with Crippen LogP contribution in [0, 0.1) is 0 Å². The molecule has 0 saturated carbocycles. The third-order valence-corrected chi connectivity index (χ3v) is 5.16. The molecule has 26 heavy (non-hydrogen) atoms. The Hall–Kier alpha value is -2.99. The fourth-order valence-corrected chi connectivity index (χ4v) is 3.91. The predicted octanol–water partition coefficient (Wildman–Crippen LogP) is 4.18. The van der Waals surface area contributed by atoms with Crippen molar-refractivity contribution in [3.8, 4) is 22.4 Å². The third-order valence-electron chi connectivity index (χ3n) is 4.41. The maximum absolute atomic E-state index is 11.7. The number of benzene rings is 2. The van der Waals surface area contributed by atoms with Crippen molar-refractivity contribution in [2.45, 2.75) is 19.3 Å². The van der Waals surface area contributed by atoms with E-state index < -0.39 is 5.97 Å². The van der Waals surface area contributed by atoms with Gasteiger partial charge in [0.2, 0.25) is 5.91 Å². The zero-order valence-corrected chi connectivity index (χ0v) is 14.7. The quantitative estimate of drug-likeness (QED) is 0.557. The van der Waals surface area contributed by atoms with E-state index in [1.54, 1.807) is 0 Å². The van der Waals surface area contributed by atoms with Gasteiger partial charge in [0.25, 0.3) is 0 Å². The molecule has 1 heterocycles. The Morgan fingerprint density at radius 1 is 1.08 bits per heavy atom. The molecule has 1 aliphatic rings. The fraction of sp³-hybridized carbons (Fsp3) is 0.150. The highest BCUT2D eigenvalue weighted by Crippen LogP contribution is 2.38. The topological polar surface area (TPSA) is 79.3 Å². The van der Waals surface area contributed by atoms with Crippen LogP contribution in [0.3, 0.4) is 0 Å². The second-order valence-corrected chi connectivity index (χ2v) is 7.04. The number of amides is 1. The number of aliphatic carboxylic acids is 1. The molecule has 5 nitrogen and oxygen atoms in total. The summed E-state index contributed by atoms with van der Waals surface area (Å²) in [5, 5.41) is 13.7. The summed E-state index contributed by atoms with van der Waals surface area (Å²) in [7, 11) is 0. The van der Waals surface area contributed by atoms with Gasteiger partial charge in [-0.1, -0.05) is 36.4 Å². The lowest BCUT2D eigenvalue weighted by molar-refractivity contribution is -0.138. The second-order valence-electron chi connectivity index (χ2n) is 6.19. The van der Waals surface area contributed by atoms with Crippen molar-refractivity contribution in [2.24, 2.45) is 0 Å². The van der Waals surface area contributed by atoms with Gasteiger partial charge in [0.15, 0.2) is 5.13 Å². The number of carboxylic acid groups (broad SMARTS) is 1. The van der Waals surface area contributed by atoms with Crippen LogP contribution in [0.25, 0.3) is 22.4 Å². The number of hydrogen-bond acceptors (Lipinski definition) is 4. The molecule has 0 atom stereocenters. The molecule has 0 spiro atoms. The molecule has 0 saturated heterocycles. The zero-order chi connectivity index (χ0) is 18.1. The van der Waals surface area contributed by atoms with Crippen molar-refractivity contribution < 1.29 is 14.7 Å². The molecule has 1 aliphatic carbocycles. The normalized spacial score (nSPS) is 11.7. The highest BCUT2D eigenvalue weighted by molar-refractivity contribution is 7.14. The lowest BCUT2D eigenvalue weighted by atomic mass is 10.0. The van der Waals surface area contributed by atoms with E-state index in [2.05, 4.69) is 46.7 Å². The Balaban J connectivity index is 1.51. The Kier molecular flexibility index (Phi) is 4.26. The summed E-state index contributed by atoms with van der Waals surface area (Å²) in [5.41, 5.74) is 7.00. The molecule has 0 aliphatic heterocycles. The van der Waals surface area contributed by atoms with Gasteiger partial charge in [-0.15, -0.1) is 11.3 Å². The number of nitrogens with zero attached hydrogens (tertiary/aromatic N) is 1. The number of thiazole rings is 1. The Bertz CT molecular complexity index is 1010. The maximum Gasteiger partial charge on any atom is 0.303 e. The predicted molar refractivity (Wildman–Crippen MR) is 101 cm³/mol. The molecule has 1 aromatic heterocycles. The largest absolute Gasteiger partial charge is 0.481 e. The molecule has 6 heteroatoms. The van der Waals surface area contributed by atoms with Crippen LogP contribution in [0.4, 0.5) is 5.13 Å². The molecule has 1 amide bonds. The first kappa shape index (κ1) is 16.5. The second kappa shape index (κ2) is 6.72. The highest BCUT2D eigenvalue weighted by atomic mass is 32.1. The van der Waals surface area contributed by atoms with Crippen LogP contribution in [-0.2, 0) is 16.0 Å². The number of carbonyl (C=O) groups excluding carboxylic acids is 1. The Morgan fingerprint density at radius 3 is 2.73 bits per heavy atom. The summed E-state index contributed by atoms with van der Waals surface area (Å²) < 4.78 is 0. The summed E-state index contributed by atoms with van der Waals surface area (Å²) in [5.74, 6) is -1.32. The van der Waals surface area contributed by atoms with Gasteiger partial charge in [0, 0.05) is 17.4 Å². The number of fused-ring (bicyclic) bond motifs is 3. The van der Waals surface area contributed by atoms with Gasteiger partial charge in [-0.25, -0.2) is 4.98 Å². The van der Waals surface area contributed by atoms with Crippen LogP contribution in [0.15, 0.2) is 47.8 Å². The fourth-order valence-electron chi connectivity index (χ4n) is 3.17. The lowest BCUT2D eigenvalue weighted by Crippen LogP contribution is -2.12. The van der Waals surface area contributed by atoms with Crippen molar-refractivity contribution >= 4 is 28.3 Å². The number of hydrogen-bond donors (Lipinski definition) is 2. The minimum atomic E-state index is -0.987. The molecular formula is C20H16N2O3S. The van der Waals surface area contributed by atoms with E-state index in [-0.39, 0.29) is 18.7 Å². The van der Waals surface area contributed by atoms with Gasteiger partial charge in [-0.3, -0.25) is 9.59 Å². The van der Waals surface area contributed by atoms with E-state index in [0.29, 0.717) is 5.13 Å². The SMILES string of the molecule is O=C(O)CCC(=O)Nc1nc(-c2ccc3c(c2)Cc2ccccc2-3)cs1. The van der Waals surface area contributed by atoms with E-state index in [1.807, 2.05) is 11.4 Å². The molecule has 0 radical (unpaired) electrons. The van der Waals surface area contributed by atoms with Gasteiger partial charge >= 0.3 is 5.97 Å². The first-order valence-corrected chi connectivity index (χ1v) is 9.17. The Labute approximate surface area is 154 Å². The number of carboxylic acids is 1. The number of anilines is 1. The van der Waals surface area contributed by atoms with Gasteiger partial charge < -0.3 is 10.4 Å². The molecule has 2 aromatic carbocycles. The molecule has 130 valence electrons. The first-order chi connectivity index (χ1) is 12.6. The number of carbonyl (C=O) groups is 2. The van der Waals surface area contributed by atoms with Crippen LogP contribution in [0.1, 0.15) is 24.0 Å². The van der Waals surface area contributed by atoms with E-state index in [4.69, 9.17) is 5.11 Å². The average Bonchev–Trinajstić information content (AvgIpc) is 3.23. The van der Waals surface area contributed by atoms with Gasteiger partial charge in [0.05, 0.1) is 12.1 Å². The van der Waals surface area contributed by atoms with E-state index in [1.165, 1.54) is 33.6 Å². The van der Waals surface area contributed by atoms with Crippen molar-refractivity contribution in [1.29, 1.82) is 0 Å². The molecular weight excluding hydrogens is 348 g/mol. The monoisotopic (exact) mass is 364 g/mol. The van der Waals surface area contributed by atoms with Crippen LogP contribution in [0.5, 0.6) is 0 Å². The number of rotatable bonds is 5. The average molecular weight is 364 g/mol. The van der Waals surface area contributed by atoms with Gasteiger partial charge in [-0.05, 0) is 34.7 Å². The standard InChI is InChI=1S/C20H16N2O3S/c23-18(7-8-19(24)25)22-20-21-17(11-26-20)13-5-6-16-14(10-13)9-12-3-1-2-4-15(12)16/h1-6,10-11H,7-9H2,(H,24,25)(H,21,22,23). The third kappa shape index (κ3) is 3.23. The van der Waals surface area contributed by atoms with Crippen molar-refractivity contribution in [1.82, 2.24) is 4.98 Å². The first-order valence-electron chi connectivity index (χ1n) is 8.29. The van der Waals surface area contributed by atoms with Crippen molar-refractivity contribution in [2.75, 3.05) is 5.32 Å². The molecule has 2 N–H and O–H groups in total. The number of nitrogens with one attached hydrogen (secondary N) is 1. The minimum Gasteiger partial charge on any atom is -0.481 e. The summed E-state index contributed by atoms with van der Waals surface area (Å²) >= 11 is 1.34. The van der Waals surface area contributed by atoms with E-state index in [9.17, 15) is 9.59 Å².